The number of ether oxygens (including phenoxy) is 3. The average molecular weight is 448 g/mol. The van der Waals surface area contributed by atoms with Crippen molar-refractivity contribution in [2.24, 2.45) is 5.92 Å². The van der Waals surface area contributed by atoms with E-state index in [1.807, 2.05) is 13.8 Å². The molecule has 3 rings (SSSR count). The Hall–Kier alpha value is -3.06. The maximum atomic E-state index is 14.0. The number of rotatable bonds is 9. The second kappa shape index (κ2) is 10.5. The molecule has 0 amide bonds. The Balaban J connectivity index is 1.58. The summed E-state index contributed by atoms with van der Waals surface area (Å²) in [7, 11) is 0. The quantitative estimate of drug-likeness (QED) is 0.330. The van der Waals surface area contributed by atoms with Crippen molar-refractivity contribution in [3.05, 3.63) is 89.2 Å². The van der Waals surface area contributed by atoms with Gasteiger partial charge in [-0.1, -0.05) is 30.3 Å². The van der Waals surface area contributed by atoms with Gasteiger partial charge in [0.1, 0.15) is 24.0 Å². The minimum atomic E-state index is -4.48. The molecule has 7 heteroatoms. The lowest BCUT2D eigenvalue weighted by molar-refractivity contribution is -0.196. The van der Waals surface area contributed by atoms with Crippen LogP contribution >= 0.6 is 0 Å². The molecule has 0 N–H and O–H groups in total. The number of alkyl halides is 3. The first-order valence-electron chi connectivity index (χ1n) is 10.1. The molecule has 0 bridgehead atoms. The molecule has 1 atom stereocenters. The molecule has 0 aliphatic carbocycles. The van der Waals surface area contributed by atoms with Gasteiger partial charge < -0.3 is 14.2 Å². The van der Waals surface area contributed by atoms with E-state index in [0.29, 0.717) is 17.1 Å². The third kappa shape index (κ3) is 6.72. The molecule has 0 saturated carbocycles. The van der Waals surface area contributed by atoms with Crippen molar-refractivity contribution in [2.75, 3.05) is 13.2 Å². The zero-order valence-corrected chi connectivity index (χ0v) is 17.8. The van der Waals surface area contributed by atoms with Crippen molar-refractivity contribution < 1.29 is 31.8 Å². The molecule has 0 saturated heterocycles. The van der Waals surface area contributed by atoms with E-state index in [2.05, 4.69) is 0 Å². The van der Waals surface area contributed by atoms with Gasteiger partial charge in [0, 0.05) is 0 Å². The zero-order valence-electron chi connectivity index (χ0n) is 17.8. The molecule has 3 nitrogen and oxygen atoms in total. The van der Waals surface area contributed by atoms with Crippen LogP contribution in [0, 0.1) is 25.6 Å². The SMILES string of the molecule is Cc1ccc(OCC(COCc2ccc(F)c(Oc3ccccc3)c2)C(F)(F)F)cc1C. The number of para-hydroxylation sites is 1. The number of halogens is 4. The van der Waals surface area contributed by atoms with Gasteiger partial charge in [-0.05, 0) is 66.9 Å². The summed E-state index contributed by atoms with van der Waals surface area (Å²) in [6.07, 6.45) is -4.48. The zero-order chi connectivity index (χ0) is 23.1. The van der Waals surface area contributed by atoms with E-state index < -0.39 is 31.1 Å². The molecule has 3 aromatic rings. The summed E-state index contributed by atoms with van der Waals surface area (Å²) in [4.78, 5) is 0. The van der Waals surface area contributed by atoms with E-state index in [9.17, 15) is 17.6 Å². The van der Waals surface area contributed by atoms with Gasteiger partial charge in [0.15, 0.2) is 11.6 Å². The normalized spacial score (nSPS) is 12.4. The Kier molecular flexibility index (Phi) is 7.75. The Labute approximate surface area is 184 Å². The van der Waals surface area contributed by atoms with Gasteiger partial charge >= 0.3 is 6.18 Å². The lowest BCUT2D eigenvalue weighted by Gasteiger charge is -2.21. The van der Waals surface area contributed by atoms with Gasteiger partial charge in [-0.15, -0.1) is 0 Å². The summed E-state index contributed by atoms with van der Waals surface area (Å²) in [6.45, 7) is 2.52. The van der Waals surface area contributed by atoms with Crippen LogP contribution in [0.1, 0.15) is 16.7 Å². The van der Waals surface area contributed by atoms with Gasteiger partial charge in [-0.2, -0.15) is 13.2 Å². The van der Waals surface area contributed by atoms with Crippen LogP contribution in [0.15, 0.2) is 66.7 Å². The van der Waals surface area contributed by atoms with Crippen LogP contribution in [0.5, 0.6) is 17.2 Å². The van der Waals surface area contributed by atoms with E-state index in [1.165, 1.54) is 18.2 Å². The van der Waals surface area contributed by atoms with Crippen LogP contribution in [0.2, 0.25) is 0 Å². The van der Waals surface area contributed by atoms with Crippen molar-refractivity contribution in [1.82, 2.24) is 0 Å². The van der Waals surface area contributed by atoms with Crippen molar-refractivity contribution in [3.63, 3.8) is 0 Å². The summed E-state index contributed by atoms with van der Waals surface area (Å²) in [5, 5.41) is 0. The smallest absolute Gasteiger partial charge is 0.397 e. The van der Waals surface area contributed by atoms with E-state index in [-0.39, 0.29) is 12.4 Å². The molecule has 0 heterocycles. The highest BCUT2D eigenvalue weighted by molar-refractivity contribution is 5.35. The summed E-state index contributed by atoms with van der Waals surface area (Å²) in [5.74, 6) is -1.58. The third-order valence-corrected chi connectivity index (χ3v) is 4.95. The Morgan fingerprint density at radius 3 is 2.25 bits per heavy atom. The van der Waals surface area contributed by atoms with E-state index >= 15 is 0 Å². The first-order valence-corrected chi connectivity index (χ1v) is 10.1. The fraction of sp³-hybridized carbons (Fsp3) is 0.280. The molecule has 1 unspecified atom stereocenters. The monoisotopic (exact) mass is 448 g/mol. The fourth-order valence-electron chi connectivity index (χ4n) is 2.89. The van der Waals surface area contributed by atoms with Crippen molar-refractivity contribution in [2.45, 2.75) is 26.6 Å². The molecule has 32 heavy (non-hydrogen) atoms. The minimum absolute atomic E-state index is 0.0252. The van der Waals surface area contributed by atoms with Crippen LogP contribution in [0.3, 0.4) is 0 Å². The molecule has 170 valence electrons. The predicted octanol–water partition coefficient (Wildman–Crippen LogP) is 7.01. The summed E-state index contributed by atoms with van der Waals surface area (Å²) in [5.41, 5.74) is 2.46. The van der Waals surface area contributed by atoms with Crippen LogP contribution in [-0.2, 0) is 11.3 Å². The maximum Gasteiger partial charge on any atom is 0.397 e. The molecule has 0 radical (unpaired) electrons. The highest BCUT2D eigenvalue weighted by Gasteiger charge is 2.40. The molecule has 0 spiro atoms. The third-order valence-electron chi connectivity index (χ3n) is 4.95. The number of hydrogen-bond donors (Lipinski definition) is 0. The van der Waals surface area contributed by atoms with Crippen LogP contribution in [0.4, 0.5) is 17.6 Å². The fourth-order valence-corrected chi connectivity index (χ4v) is 2.89. The molecule has 0 fully saturated rings. The van der Waals surface area contributed by atoms with Gasteiger partial charge in [0.25, 0.3) is 0 Å². The minimum Gasteiger partial charge on any atom is -0.493 e. The largest absolute Gasteiger partial charge is 0.493 e. The standard InChI is InChI=1S/C25H24F4O3/c1-17-8-10-22(12-18(17)2)31-16-20(25(27,28)29)15-30-14-19-9-11-23(26)24(13-19)32-21-6-4-3-5-7-21/h3-13,20H,14-16H2,1-2H3. The Morgan fingerprint density at radius 1 is 0.812 bits per heavy atom. The highest BCUT2D eigenvalue weighted by Crippen LogP contribution is 2.29. The summed E-state index contributed by atoms with van der Waals surface area (Å²) in [6, 6.07) is 17.8. The first kappa shape index (κ1) is 23.6. The van der Waals surface area contributed by atoms with Crippen LogP contribution in [-0.4, -0.2) is 19.4 Å². The summed E-state index contributed by atoms with van der Waals surface area (Å²) < 4.78 is 70.5. The van der Waals surface area contributed by atoms with Crippen molar-refractivity contribution in [3.8, 4) is 17.2 Å². The average Bonchev–Trinajstić information content (AvgIpc) is 2.75. The topological polar surface area (TPSA) is 27.7 Å². The second-order valence-electron chi connectivity index (χ2n) is 7.49. The predicted molar refractivity (Wildman–Crippen MR) is 114 cm³/mol. The maximum absolute atomic E-state index is 14.0. The van der Waals surface area contributed by atoms with Crippen LogP contribution in [0.25, 0.3) is 0 Å². The molecule has 0 aliphatic rings. The Morgan fingerprint density at radius 2 is 1.56 bits per heavy atom. The Bertz CT molecular complexity index is 1020. The molecule has 3 aromatic carbocycles. The van der Waals surface area contributed by atoms with E-state index in [0.717, 1.165) is 11.1 Å². The van der Waals surface area contributed by atoms with E-state index in [4.69, 9.17) is 14.2 Å². The van der Waals surface area contributed by atoms with Crippen LogP contribution < -0.4 is 9.47 Å². The van der Waals surface area contributed by atoms with Gasteiger partial charge in [-0.25, -0.2) is 4.39 Å². The van der Waals surface area contributed by atoms with Gasteiger partial charge in [-0.3, -0.25) is 0 Å². The highest BCUT2D eigenvalue weighted by atomic mass is 19.4. The van der Waals surface area contributed by atoms with Crippen molar-refractivity contribution >= 4 is 0 Å². The number of benzene rings is 3. The van der Waals surface area contributed by atoms with E-state index in [1.54, 1.807) is 48.5 Å². The lowest BCUT2D eigenvalue weighted by Crippen LogP contribution is -2.32. The molecule has 0 aliphatic heterocycles. The molecule has 0 aromatic heterocycles. The second-order valence-corrected chi connectivity index (χ2v) is 7.49. The number of aryl methyl sites for hydroxylation is 2. The summed E-state index contributed by atoms with van der Waals surface area (Å²) >= 11 is 0. The van der Waals surface area contributed by atoms with Gasteiger partial charge in [0.05, 0.1) is 13.2 Å². The van der Waals surface area contributed by atoms with Crippen molar-refractivity contribution in [1.29, 1.82) is 0 Å². The number of hydrogen-bond acceptors (Lipinski definition) is 3. The lowest BCUT2D eigenvalue weighted by atomic mass is 10.1. The molecular weight excluding hydrogens is 424 g/mol. The first-order chi connectivity index (χ1) is 15.2. The van der Waals surface area contributed by atoms with Gasteiger partial charge in [0.2, 0.25) is 0 Å². The molecular formula is C25H24F4O3.